The molecule has 4 rings (SSSR count). The number of hydrogen-bond acceptors (Lipinski definition) is 5. The summed E-state index contributed by atoms with van der Waals surface area (Å²) in [5.74, 6) is -0.520. The average Bonchev–Trinajstić information content (AvgIpc) is 3.28. The van der Waals surface area contributed by atoms with Crippen molar-refractivity contribution in [3.05, 3.63) is 108 Å². The van der Waals surface area contributed by atoms with Crippen molar-refractivity contribution in [2.45, 2.75) is 22.5 Å². The van der Waals surface area contributed by atoms with Gasteiger partial charge in [-0.3, -0.25) is 4.79 Å². The maximum atomic E-state index is 12.5. The van der Waals surface area contributed by atoms with Crippen LogP contribution in [0.5, 0.6) is 0 Å². The summed E-state index contributed by atoms with van der Waals surface area (Å²) in [5, 5.41) is -0.121. The molecule has 3 aromatic rings. The molecule has 0 unspecified atom stereocenters. The lowest BCUT2D eigenvalue weighted by atomic mass is 9.84. The Bertz CT molecular complexity index is 1090. The Hall–Kier alpha value is -2.61. The van der Waals surface area contributed by atoms with Gasteiger partial charge < -0.3 is 4.74 Å². The van der Waals surface area contributed by atoms with Gasteiger partial charge in [-0.2, -0.15) is 4.31 Å². The summed E-state index contributed by atoms with van der Waals surface area (Å²) in [7, 11) is -2.27. The van der Waals surface area contributed by atoms with Gasteiger partial charge in [0.2, 0.25) is 10.0 Å². The second kappa shape index (κ2) is 9.71. The molecule has 7 heteroatoms. The number of nitrogens with zero attached hydrogens (tertiary/aromatic N) is 1. The third-order valence-electron chi connectivity index (χ3n) is 6.00. The number of carbonyl (C=O) groups excluding carboxylic acids is 1. The van der Waals surface area contributed by atoms with E-state index in [1.54, 1.807) is 11.8 Å². The highest BCUT2D eigenvalue weighted by molar-refractivity contribution is 8.01. The second-order valence-corrected chi connectivity index (χ2v) is 11.6. The van der Waals surface area contributed by atoms with Gasteiger partial charge in [0, 0.05) is 11.8 Å². The Morgan fingerprint density at radius 2 is 1.30 bits per heavy atom. The van der Waals surface area contributed by atoms with Gasteiger partial charge in [-0.25, -0.2) is 8.42 Å². The van der Waals surface area contributed by atoms with Crippen LogP contribution in [-0.4, -0.2) is 49.9 Å². The van der Waals surface area contributed by atoms with Crippen LogP contribution in [0.4, 0.5) is 0 Å². The van der Waals surface area contributed by atoms with Crippen LogP contribution in [0.2, 0.25) is 0 Å². The van der Waals surface area contributed by atoms with Crippen LogP contribution in [0.3, 0.4) is 0 Å². The van der Waals surface area contributed by atoms with E-state index < -0.39 is 26.8 Å². The standard InChI is InChI=1S/C26H27NO4S2/c1-31-25(28)24-18-23(19-27(24)33(2,29)30)32-26(20-12-6-3-7-13-20,21-14-8-4-9-15-21)22-16-10-5-11-17-22/h3-17,23-24H,18-19H2,1-2H3/t23-,24+/m1/s1. The van der Waals surface area contributed by atoms with Crippen molar-refractivity contribution in [2.75, 3.05) is 19.9 Å². The molecule has 1 aliphatic heterocycles. The number of methoxy groups -OCH3 is 1. The van der Waals surface area contributed by atoms with Crippen LogP contribution in [0, 0.1) is 0 Å². The molecule has 0 amide bonds. The predicted octanol–water partition coefficient (Wildman–Crippen LogP) is 4.29. The zero-order valence-corrected chi connectivity index (χ0v) is 20.3. The molecular weight excluding hydrogens is 454 g/mol. The van der Waals surface area contributed by atoms with Crippen LogP contribution in [-0.2, 0) is 24.3 Å². The minimum atomic E-state index is -3.57. The molecule has 172 valence electrons. The first-order valence-electron chi connectivity index (χ1n) is 10.8. The minimum Gasteiger partial charge on any atom is -0.468 e. The summed E-state index contributed by atoms with van der Waals surface area (Å²) in [6.07, 6.45) is 1.54. The van der Waals surface area contributed by atoms with E-state index in [1.807, 2.05) is 54.6 Å². The van der Waals surface area contributed by atoms with Crippen LogP contribution >= 0.6 is 11.8 Å². The number of esters is 1. The number of benzene rings is 3. The smallest absolute Gasteiger partial charge is 0.324 e. The molecule has 2 atom stereocenters. The first-order valence-corrected chi connectivity index (χ1v) is 13.5. The van der Waals surface area contributed by atoms with Crippen molar-refractivity contribution < 1.29 is 17.9 Å². The Balaban J connectivity index is 1.85. The molecule has 1 saturated heterocycles. The van der Waals surface area contributed by atoms with Gasteiger partial charge in [0.25, 0.3) is 0 Å². The van der Waals surface area contributed by atoms with Crippen molar-refractivity contribution in [1.29, 1.82) is 0 Å². The van der Waals surface area contributed by atoms with E-state index >= 15 is 0 Å². The maximum absolute atomic E-state index is 12.5. The Morgan fingerprint density at radius 1 is 0.879 bits per heavy atom. The van der Waals surface area contributed by atoms with E-state index in [0.717, 1.165) is 22.9 Å². The van der Waals surface area contributed by atoms with E-state index in [4.69, 9.17) is 4.74 Å². The van der Waals surface area contributed by atoms with Gasteiger partial charge in [-0.15, -0.1) is 11.8 Å². The van der Waals surface area contributed by atoms with E-state index in [-0.39, 0.29) is 11.8 Å². The van der Waals surface area contributed by atoms with E-state index in [2.05, 4.69) is 36.4 Å². The number of sulfonamides is 1. The topological polar surface area (TPSA) is 63.7 Å². The summed E-state index contributed by atoms with van der Waals surface area (Å²) >= 11 is 1.70. The van der Waals surface area contributed by atoms with Crippen molar-refractivity contribution in [1.82, 2.24) is 4.31 Å². The molecule has 0 radical (unpaired) electrons. The molecule has 1 heterocycles. The molecule has 0 aromatic heterocycles. The first kappa shape index (κ1) is 23.5. The lowest BCUT2D eigenvalue weighted by molar-refractivity contribution is -0.144. The summed E-state index contributed by atoms with van der Waals surface area (Å²) < 4.78 is 30.6. The molecule has 5 nitrogen and oxygen atoms in total. The van der Waals surface area contributed by atoms with Crippen molar-refractivity contribution in [3.8, 4) is 0 Å². The summed E-state index contributed by atoms with van der Waals surface area (Å²) in [6.45, 7) is 0.248. The summed E-state index contributed by atoms with van der Waals surface area (Å²) in [5.41, 5.74) is 3.29. The van der Waals surface area contributed by atoms with Crippen LogP contribution in [0.25, 0.3) is 0 Å². The van der Waals surface area contributed by atoms with Crippen molar-refractivity contribution in [2.24, 2.45) is 0 Å². The Morgan fingerprint density at radius 3 is 1.67 bits per heavy atom. The summed E-state index contributed by atoms with van der Waals surface area (Å²) in [6, 6.07) is 29.9. The van der Waals surface area contributed by atoms with E-state index in [1.165, 1.54) is 11.4 Å². The summed E-state index contributed by atoms with van der Waals surface area (Å²) in [4.78, 5) is 12.5. The molecular formula is C26H27NO4S2. The molecule has 1 fully saturated rings. The SMILES string of the molecule is COC(=O)[C@@H]1C[C@@H](SC(c2ccccc2)(c2ccccc2)c2ccccc2)CN1S(C)(=O)=O. The van der Waals surface area contributed by atoms with Crippen molar-refractivity contribution in [3.63, 3.8) is 0 Å². The van der Waals surface area contributed by atoms with Gasteiger partial charge in [-0.05, 0) is 23.1 Å². The lowest BCUT2D eigenvalue weighted by Gasteiger charge is -2.37. The fraction of sp³-hybridized carbons (Fsp3) is 0.269. The maximum Gasteiger partial charge on any atom is 0.324 e. The number of thioether (sulfide) groups is 1. The van der Waals surface area contributed by atoms with Gasteiger partial charge in [0.15, 0.2) is 0 Å². The normalized spacial score (nSPS) is 19.3. The lowest BCUT2D eigenvalue weighted by Crippen LogP contribution is -2.40. The van der Waals surface area contributed by atoms with Crippen LogP contribution in [0.15, 0.2) is 91.0 Å². The fourth-order valence-electron chi connectivity index (χ4n) is 4.54. The Labute approximate surface area is 199 Å². The van der Waals surface area contributed by atoms with Gasteiger partial charge >= 0.3 is 5.97 Å². The van der Waals surface area contributed by atoms with Gasteiger partial charge in [0.05, 0.1) is 18.1 Å². The predicted molar refractivity (Wildman–Crippen MR) is 133 cm³/mol. The van der Waals surface area contributed by atoms with E-state index in [0.29, 0.717) is 6.42 Å². The average molecular weight is 482 g/mol. The zero-order valence-electron chi connectivity index (χ0n) is 18.6. The first-order chi connectivity index (χ1) is 15.9. The van der Waals surface area contributed by atoms with E-state index in [9.17, 15) is 13.2 Å². The van der Waals surface area contributed by atoms with Crippen LogP contribution < -0.4 is 0 Å². The fourth-order valence-corrected chi connectivity index (χ4v) is 7.55. The highest BCUT2D eigenvalue weighted by Gasteiger charge is 2.47. The molecule has 0 bridgehead atoms. The largest absolute Gasteiger partial charge is 0.468 e. The molecule has 0 aliphatic carbocycles. The highest BCUT2D eigenvalue weighted by Crippen LogP contribution is 2.52. The quantitative estimate of drug-likeness (QED) is 0.372. The number of carbonyl (C=O) groups is 1. The monoisotopic (exact) mass is 481 g/mol. The van der Waals surface area contributed by atoms with Crippen molar-refractivity contribution >= 4 is 27.8 Å². The minimum absolute atomic E-state index is 0.121. The van der Waals surface area contributed by atoms with Gasteiger partial charge in [0.1, 0.15) is 6.04 Å². The number of rotatable bonds is 7. The van der Waals surface area contributed by atoms with Gasteiger partial charge in [-0.1, -0.05) is 91.0 Å². The molecule has 0 N–H and O–H groups in total. The van der Waals surface area contributed by atoms with Crippen LogP contribution in [0.1, 0.15) is 23.1 Å². The number of ether oxygens (including phenoxy) is 1. The Kier molecular flexibility index (Phi) is 6.93. The highest BCUT2D eigenvalue weighted by atomic mass is 32.2. The number of hydrogen-bond donors (Lipinski definition) is 0. The second-order valence-electron chi connectivity index (χ2n) is 8.13. The third-order valence-corrected chi connectivity index (χ3v) is 8.99. The zero-order chi connectivity index (χ0) is 23.5. The molecule has 0 saturated carbocycles. The molecule has 3 aromatic carbocycles. The molecule has 1 aliphatic rings. The third kappa shape index (κ3) is 4.71. The molecule has 33 heavy (non-hydrogen) atoms. The molecule has 0 spiro atoms.